The molecule has 1 aromatic rings. The predicted octanol–water partition coefficient (Wildman–Crippen LogP) is -0.427. The summed E-state index contributed by atoms with van der Waals surface area (Å²) >= 11 is 0. The zero-order chi connectivity index (χ0) is 17.0. The molecule has 1 fully saturated rings. The van der Waals surface area contributed by atoms with Gasteiger partial charge in [-0.25, -0.2) is 13.1 Å². The number of sulfonamides is 1. The minimum atomic E-state index is -3.45. The highest BCUT2D eigenvalue weighted by atomic mass is 32.2. The Labute approximate surface area is 136 Å². The molecular formula is C14H24N4O4S. The highest BCUT2D eigenvalue weighted by Crippen LogP contribution is 2.20. The van der Waals surface area contributed by atoms with Gasteiger partial charge < -0.3 is 10.0 Å². The van der Waals surface area contributed by atoms with Crippen molar-refractivity contribution in [3.63, 3.8) is 0 Å². The van der Waals surface area contributed by atoms with Crippen LogP contribution in [0.5, 0.6) is 0 Å². The number of aryl methyl sites for hydroxylation is 1. The van der Waals surface area contributed by atoms with Crippen molar-refractivity contribution in [3.05, 3.63) is 18.0 Å². The van der Waals surface area contributed by atoms with Gasteiger partial charge >= 0.3 is 0 Å². The smallest absolute Gasteiger partial charge is 0.257 e. The standard InChI is InChI=1S/C14H24N4O4S/c1-11(19)6-16-23(21,22)10-12-4-3-5-18(8-12)14(20)13-7-15-17(2)9-13/h7,9,11-12,16,19H,3-6,8,10H2,1-2H3. The van der Waals surface area contributed by atoms with Gasteiger partial charge in [-0.2, -0.15) is 5.10 Å². The number of hydrogen-bond acceptors (Lipinski definition) is 5. The fraction of sp³-hybridized carbons (Fsp3) is 0.714. The van der Waals surface area contributed by atoms with Crippen LogP contribution in [0.25, 0.3) is 0 Å². The van der Waals surface area contributed by atoms with Gasteiger partial charge in [0.05, 0.1) is 23.6 Å². The van der Waals surface area contributed by atoms with E-state index < -0.39 is 16.1 Å². The van der Waals surface area contributed by atoms with Crippen LogP contribution < -0.4 is 4.72 Å². The van der Waals surface area contributed by atoms with Gasteiger partial charge in [-0.15, -0.1) is 0 Å². The van der Waals surface area contributed by atoms with E-state index in [1.807, 2.05) is 0 Å². The number of amides is 1. The number of piperidine rings is 1. The first kappa shape index (κ1) is 17.9. The molecule has 1 aromatic heterocycles. The zero-order valence-corrected chi connectivity index (χ0v) is 14.3. The highest BCUT2D eigenvalue weighted by Gasteiger charge is 2.28. The first-order valence-electron chi connectivity index (χ1n) is 7.70. The van der Waals surface area contributed by atoms with Crippen LogP contribution in [0.15, 0.2) is 12.4 Å². The van der Waals surface area contributed by atoms with E-state index >= 15 is 0 Å². The lowest BCUT2D eigenvalue weighted by atomic mass is 9.99. The Kier molecular flexibility index (Phi) is 5.77. The molecule has 130 valence electrons. The van der Waals surface area contributed by atoms with E-state index in [1.54, 1.807) is 22.8 Å². The van der Waals surface area contributed by atoms with Crippen molar-refractivity contribution in [2.45, 2.75) is 25.9 Å². The molecule has 23 heavy (non-hydrogen) atoms. The van der Waals surface area contributed by atoms with Gasteiger partial charge in [0.25, 0.3) is 5.91 Å². The van der Waals surface area contributed by atoms with Gasteiger partial charge in [-0.05, 0) is 25.7 Å². The van der Waals surface area contributed by atoms with E-state index in [9.17, 15) is 18.3 Å². The molecule has 9 heteroatoms. The van der Waals surface area contributed by atoms with E-state index in [-0.39, 0.29) is 24.1 Å². The third-order valence-electron chi connectivity index (χ3n) is 3.81. The molecule has 1 aliphatic rings. The summed E-state index contributed by atoms with van der Waals surface area (Å²) in [6.07, 6.45) is 4.01. The fourth-order valence-corrected chi connectivity index (χ4v) is 4.22. The molecule has 1 saturated heterocycles. The lowest BCUT2D eigenvalue weighted by molar-refractivity contribution is 0.0684. The Morgan fingerprint density at radius 3 is 2.91 bits per heavy atom. The van der Waals surface area contributed by atoms with Crippen molar-refractivity contribution < 1.29 is 18.3 Å². The van der Waals surface area contributed by atoms with Crippen molar-refractivity contribution in [3.8, 4) is 0 Å². The fourth-order valence-electron chi connectivity index (χ4n) is 2.72. The number of aromatic nitrogens is 2. The number of carbonyl (C=O) groups excluding carboxylic acids is 1. The number of aliphatic hydroxyl groups is 1. The number of hydrogen-bond donors (Lipinski definition) is 2. The SMILES string of the molecule is CC(O)CNS(=O)(=O)CC1CCCN(C(=O)c2cnn(C)c2)C1. The quantitative estimate of drug-likeness (QED) is 0.729. The molecule has 0 radical (unpaired) electrons. The van der Waals surface area contributed by atoms with E-state index in [2.05, 4.69) is 9.82 Å². The Morgan fingerprint density at radius 1 is 1.57 bits per heavy atom. The summed E-state index contributed by atoms with van der Waals surface area (Å²) in [6.45, 7) is 2.58. The number of likely N-dealkylation sites (tertiary alicyclic amines) is 1. The molecule has 1 aliphatic heterocycles. The first-order valence-corrected chi connectivity index (χ1v) is 9.35. The number of aliphatic hydroxyl groups excluding tert-OH is 1. The lowest BCUT2D eigenvalue weighted by Gasteiger charge is -2.32. The van der Waals surface area contributed by atoms with Gasteiger partial charge in [-0.3, -0.25) is 9.48 Å². The summed E-state index contributed by atoms with van der Waals surface area (Å²) in [6, 6.07) is 0. The Balaban J connectivity index is 1.94. The largest absolute Gasteiger partial charge is 0.392 e. The van der Waals surface area contributed by atoms with Crippen molar-refractivity contribution >= 4 is 15.9 Å². The van der Waals surface area contributed by atoms with Crippen LogP contribution in [-0.4, -0.2) is 65.6 Å². The van der Waals surface area contributed by atoms with E-state index in [4.69, 9.17) is 0 Å². The molecule has 0 spiro atoms. The van der Waals surface area contributed by atoms with Crippen molar-refractivity contribution in [1.29, 1.82) is 0 Å². The Morgan fingerprint density at radius 2 is 2.30 bits per heavy atom. The maximum atomic E-state index is 12.4. The number of rotatable bonds is 6. The summed E-state index contributed by atoms with van der Waals surface area (Å²) in [7, 11) is -1.70. The zero-order valence-electron chi connectivity index (χ0n) is 13.5. The average Bonchev–Trinajstić information content (AvgIpc) is 2.91. The molecule has 2 rings (SSSR count). The molecule has 2 heterocycles. The second-order valence-corrected chi connectivity index (χ2v) is 7.99. The van der Waals surface area contributed by atoms with Crippen LogP contribution in [0.3, 0.4) is 0 Å². The minimum Gasteiger partial charge on any atom is -0.392 e. The molecule has 8 nitrogen and oxygen atoms in total. The Bertz CT molecular complexity index is 641. The van der Waals surface area contributed by atoms with E-state index in [1.165, 1.54) is 13.1 Å². The summed E-state index contributed by atoms with van der Waals surface area (Å²) in [4.78, 5) is 14.1. The molecule has 0 aliphatic carbocycles. The molecule has 0 bridgehead atoms. The normalized spacial score (nSPS) is 20.5. The second kappa shape index (κ2) is 7.41. The second-order valence-electron chi connectivity index (χ2n) is 6.14. The highest BCUT2D eigenvalue weighted by molar-refractivity contribution is 7.89. The van der Waals surface area contributed by atoms with Gasteiger partial charge in [0.15, 0.2) is 0 Å². The van der Waals surface area contributed by atoms with Crippen LogP contribution in [0.1, 0.15) is 30.1 Å². The molecule has 1 amide bonds. The van der Waals surface area contributed by atoms with Crippen molar-refractivity contribution in [2.24, 2.45) is 13.0 Å². The molecule has 2 unspecified atom stereocenters. The average molecular weight is 344 g/mol. The topological polar surface area (TPSA) is 105 Å². The van der Waals surface area contributed by atoms with Crippen LogP contribution >= 0.6 is 0 Å². The molecule has 0 aromatic carbocycles. The van der Waals surface area contributed by atoms with Gasteiger partial charge in [0.1, 0.15) is 0 Å². The molecule has 2 N–H and O–H groups in total. The van der Waals surface area contributed by atoms with Crippen LogP contribution in [0.2, 0.25) is 0 Å². The summed E-state index contributed by atoms with van der Waals surface area (Å²) in [5.74, 6) is -0.246. The van der Waals surface area contributed by atoms with Gasteiger partial charge in [0.2, 0.25) is 10.0 Å². The molecule has 0 saturated carbocycles. The first-order chi connectivity index (χ1) is 10.8. The van der Waals surface area contributed by atoms with Gasteiger partial charge in [0, 0.05) is 32.9 Å². The number of nitrogens with zero attached hydrogens (tertiary/aromatic N) is 3. The minimum absolute atomic E-state index is 0.00732. The Hall–Kier alpha value is -1.45. The van der Waals surface area contributed by atoms with Crippen LogP contribution in [0, 0.1) is 5.92 Å². The summed E-state index contributed by atoms with van der Waals surface area (Å²) in [5.41, 5.74) is 0.517. The number of nitrogens with one attached hydrogen (secondary N) is 1. The predicted molar refractivity (Wildman–Crippen MR) is 85.3 cm³/mol. The molecule has 2 atom stereocenters. The lowest BCUT2D eigenvalue weighted by Crippen LogP contribution is -2.43. The van der Waals surface area contributed by atoms with E-state index in [0.29, 0.717) is 18.7 Å². The summed E-state index contributed by atoms with van der Waals surface area (Å²) in [5, 5.41) is 13.2. The third kappa shape index (κ3) is 5.29. The summed E-state index contributed by atoms with van der Waals surface area (Å²) < 4.78 is 28.0. The monoisotopic (exact) mass is 344 g/mol. The third-order valence-corrected chi connectivity index (χ3v) is 5.33. The maximum absolute atomic E-state index is 12.4. The van der Waals surface area contributed by atoms with Crippen LogP contribution in [-0.2, 0) is 17.1 Å². The van der Waals surface area contributed by atoms with E-state index in [0.717, 1.165) is 12.8 Å². The van der Waals surface area contributed by atoms with Crippen LogP contribution in [0.4, 0.5) is 0 Å². The van der Waals surface area contributed by atoms with Crippen molar-refractivity contribution in [1.82, 2.24) is 19.4 Å². The maximum Gasteiger partial charge on any atom is 0.257 e. The van der Waals surface area contributed by atoms with Crippen molar-refractivity contribution in [2.75, 3.05) is 25.4 Å². The van der Waals surface area contributed by atoms with Gasteiger partial charge in [-0.1, -0.05) is 0 Å². The number of carbonyl (C=O) groups is 1. The molecular weight excluding hydrogens is 320 g/mol.